The molecule has 0 radical (unpaired) electrons. The molecule has 2 aromatic heterocycles. The first-order valence-electron chi connectivity index (χ1n) is 4.28. The van der Waals surface area contributed by atoms with E-state index in [2.05, 4.69) is 21.0 Å². The molecule has 0 fully saturated rings. The van der Waals surface area contributed by atoms with Gasteiger partial charge in [-0.25, -0.2) is 0 Å². The molecule has 2 aromatic rings. The Kier molecular flexibility index (Phi) is 3.16. The largest absolute Gasteiger partial charge is 0.318 e. The van der Waals surface area contributed by atoms with Gasteiger partial charge in [-0.3, -0.25) is 4.68 Å². The first kappa shape index (κ1) is 11.1. The predicted molar refractivity (Wildman–Crippen MR) is 66.3 cm³/mol. The van der Waals surface area contributed by atoms with Gasteiger partial charge in [0.15, 0.2) is 0 Å². The molecule has 0 saturated carbocycles. The fraction of sp³-hybridized carbons (Fsp3) is 0.222. The average molecular weight is 307 g/mol. The normalized spacial score (nSPS) is 13.1. The van der Waals surface area contributed by atoms with Gasteiger partial charge in [-0.15, -0.1) is 11.3 Å². The molecule has 0 bridgehead atoms. The summed E-state index contributed by atoms with van der Waals surface area (Å²) < 4.78 is 3.43. The number of thiophene rings is 1. The SMILES string of the molecule is Cn1ncc(Br)c1C(N)c1ccc(Cl)s1. The van der Waals surface area contributed by atoms with E-state index in [0.717, 1.165) is 19.4 Å². The maximum atomic E-state index is 6.14. The topological polar surface area (TPSA) is 43.8 Å². The maximum Gasteiger partial charge on any atom is 0.0931 e. The molecule has 0 aliphatic rings. The predicted octanol–water partition coefficient (Wildman–Crippen LogP) is 2.95. The summed E-state index contributed by atoms with van der Waals surface area (Å²) in [6.45, 7) is 0. The highest BCUT2D eigenvalue weighted by Gasteiger charge is 2.18. The number of hydrogen-bond donors (Lipinski definition) is 1. The third-order valence-corrected chi connectivity index (χ3v) is 4.06. The van der Waals surface area contributed by atoms with Gasteiger partial charge >= 0.3 is 0 Å². The Balaban J connectivity index is 2.40. The van der Waals surface area contributed by atoms with Crippen molar-refractivity contribution in [2.24, 2.45) is 12.8 Å². The van der Waals surface area contributed by atoms with Crippen LogP contribution in [0.25, 0.3) is 0 Å². The Hall–Kier alpha value is -0.360. The second-order valence-electron chi connectivity index (χ2n) is 3.12. The van der Waals surface area contributed by atoms with Gasteiger partial charge in [-0.2, -0.15) is 5.10 Å². The summed E-state index contributed by atoms with van der Waals surface area (Å²) in [5.41, 5.74) is 7.09. The van der Waals surface area contributed by atoms with Gasteiger partial charge in [0.2, 0.25) is 0 Å². The monoisotopic (exact) mass is 305 g/mol. The minimum absolute atomic E-state index is 0.190. The van der Waals surface area contributed by atoms with Crippen molar-refractivity contribution in [3.8, 4) is 0 Å². The molecule has 15 heavy (non-hydrogen) atoms. The standard InChI is InChI=1S/C9H9BrClN3S/c1-14-9(5(10)4-13-14)8(12)6-2-3-7(11)15-6/h2-4,8H,12H2,1H3. The van der Waals surface area contributed by atoms with Gasteiger partial charge in [-0.05, 0) is 28.1 Å². The highest BCUT2D eigenvalue weighted by molar-refractivity contribution is 9.10. The van der Waals surface area contributed by atoms with Gasteiger partial charge < -0.3 is 5.73 Å². The van der Waals surface area contributed by atoms with Crippen LogP contribution in [0.1, 0.15) is 16.6 Å². The van der Waals surface area contributed by atoms with Crippen LogP contribution in [0.3, 0.4) is 0 Å². The van der Waals surface area contributed by atoms with Gasteiger partial charge in [0.05, 0.1) is 26.7 Å². The molecule has 0 aliphatic heterocycles. The van der Waals surface area contributed by atoms with Gasteiger partial charge in [0.25, 0.3) is 0 Å². The van der Waals surface area contributed by atoms with E-state index in [1.807, 2.05) is 19.2 Å². The van der Waals surface area contributed by atoms with E-state index in [4.69, 9.17) is 17.3 Å². The van der Waals surface area contributed by atoms with Crippen LogP contribution >= 0.6 is 38.9 Å². The van der Waals surface area contributed by atoms with E-state index in [9.17, 15) is 0 Å². The van der Waals surface area contributed by atoms with Gasteiger partial charge in [0.1, 0.15) is 0 Å². The Morgan fingerprint density at radius 2 is 2.33 bits per heavy atom. The number of hydrogen-bond acceptors (Lipinski definition) is 3. The van der Waals surface area contributed by atoms with Crippen molar-refractivity contribution >= 4 is 38.9 Å². The first-order valence-corrected chi connectivity index (χ1v) is 6.26. The number of aryl methyl sites for hydroxylation is 1. The van der Waals surface area contributed by atoms with E-state index in [-0.39, 0.29) is 6.04 Å². The van der Waals surface area contributed by atoms with Gasteiger partial charge in [0, 0.05) is 11.9 Å². The van der Waals surface area contributed by atoms with Crippen LogP contribution in [0.4, 0.5) is 0 Å². The van der Waals surface area contributed by atoms with Crippen LogP contribution in [-0.2, 0) is 7.05 Å². The lowest BCUT2D eigenvalue weighted by atomic mass is 10.2. The van der Waals surface area contributed by atoms with Crippen LogP contribution < -0.4 is 5.73 Å². The molecule has 0 amide bonds. The smallest absolute Gasteiger partial charge is 0.0931 e. The summed E-state index contributed by atoms with van der Waals surface area (Å²) in [5.74, 6) is 0. The molecule has 0 saturated heterocycles. The molecule has 6 heteroatoms. The van der Waals surface area contributed by atoms with Crippen molar-refractivity contribution in [1.29, 1.82) is 0 Å². The number of nitrogens with two attached hydrogens (primary N) is 1. The Morgan fingerprint density at radius 3 is 2.80 bits per heavy atom. The van der Waals surface area contributed by atoms with Crippen molar-refractivity contribution in [2.45, 2.75) is 6.04 Å². The Bertz CT molecular complexity index is 460. The van der Waals surface area contributed by atoms with Crippen LogP contribution in [0.5, 0.6) is 0 Å². The quantitative estimate of drug-likeness (QED) is 0.927. The van der Waals surface area contributed by atoms with E-state index >= 15 is 0 Å². The Morgan fingerprint density at radius 1 is 1.60 bits per heavy atom. The van der Waals surface area contributed by atoms with E-state index in [1.54, 1.807) is 10.9 Å². The molecule has 2 rings (SSSR count). The zero-order valence-corrected chi connectivity index (χ0v) is 11.1. The van der Waals surface area contributed by atoms with Crippen molar-refractivity contribution in [1.82, 2.24) is 9.78 Å². The fourth-order valence-corrected chi connectivity index (χ4v) is 3.06. The highest BCUT2D eigenvalue weighted by atomic mass is 79.9. The minimum Gasteiger partial charge on any atom is -0.318 e. The molecular formula is C9H9BrClN3S. The zero-order chi connectivity index (χ0) is 11.0. The summed E-state index contributed by atoms with van der Waals surface area (Å²) in [4.78, 5) is 1.03. The van der Waals surface area contributed by atoms with E-state index in [1.165, 1.54) is 11.3 Å². The zero-order valence-electron chi connectivity index (χ0n) is 7.95. The summed E-state index contributed by atoms with van der Waals surface area (Å²) in [5, 5.41) is 4.13. The Labute approximate surface area is 105 Å². The summed E-state index contributed by atoms with van der Waals surface area (Å²) in [6.07, 6.45) is 1.74. The molecule has 3 nitrogen and oxygen atoms in total. The molecular weight excluding hydrogens is 298 g/mol. The third kappa shape index (κ3) is 2.10. The molecule has 1 atom stereocenters. The lowest BCUT2D eigenvalue weighted by molar-refractivity contribution is 0.676. The minimum atomic E-state index is -0.190. The molecule has 0 spiro atoms. The second-order valence-corrected chi connectivity index (χ2v) is 5.72. The lowest BCUT2D eigenvalue weighted by Crippen LogP contribution is -2.15. The van der Waals surface area contributed by atoms with E-state index < -0.39 is 0 Å². The molecule has 0 aliphatic carbocycles. The third-order valence-electron chi connectivity index (χ3n) is 2.13. The molecule has 1 unspecified atom stereocenters. The van der Waals surface area contributed by atoms with Crippen LogP contribution in [0.15, 0.2) is 22.8 Å². The average Bonchev–Trinajstić information content (AvgIpc) is 2.73. The fourth-order valence-electron chi connectivity index (χ4n) is 1.40. The first-order chi connectivity index (χ1) is 7.09. The lowest BCUT2D eigenvalue weighted by Gasteiger charge is -2.10. The van der Waals surface area contributed by atoms with Crippen molar-refractivity contribution in [3.05, 3.63) is 37.7 Å². The van der Waals surface area contributed by atoms with Crippen LogP contribution in [0, 0.1) is 0 Å². The van der Waals surface area contributed by atoms with Crippen molar-refractivity contribution < 1.29 is 0 Å². The molecule has 0 aromatic carbocycles. The van der Waals surface area contributed by atoms with Crippen LogP contribution in [0.2, 0.25) is 4.34 Å². The summed E-state index contributed by atoms with van der Waals surface area (Å²) in [6, 6.07) is 3.60. The number of halogens is 2. The molecule has 2 N–H and O–H groups in total. The molecule has 80 valence electrons. The number of nitrogens with zero attached hydrogens (tertiary/aromatic N) is 2. The van der Waals surface area contributed by atoms with Crippen molar-refractivity contribution in [2.75, 3.05) is 0 Å². The summed E-state index contributed by atoms with van der Waals surface area (Å²) in [7, 11) is 1.87. The second kappa shape index (κ2) is 4.25. The molecule has 2 heterocycles. The maximum absolute atomic E-state index is 6.14. The van der Waals surface area contributed by atoms with Crippen LogP contribution in [-0.4, -0.2) is 9.78 Å². The summed E-state index contributed by atoms with van der Waals surface area (Å²) >= 11 is 10.8. The number of aromatic nitrogens is 2. The van der Waals surface area contributed by atoms with Crippen molar-refractivity contribution in [3.63, 3.8) is 0 Å². The van der Waals surface area contributed by atoms with E-state index in [0.29, 0.717) is 0 Å². The number of rotatable bonds is 2. The highest BCUT2D eigenvalue weighted by Crippen LogP contribution is 2.32. The van der Waals surface area contributed by atoms with Gasteiger partial charge in [-0.1, -0.05) is 11.6 Å².